The minimum atomic E-state index is -0.276. The molecule has 4 heteroatoms. The maximum Gasteiger partial charge on any atom is 0.335 e. The van der Waals surface area contributed by atoms with Crippen LogP contribution < -0.4 is 0 Å². The molecule has 0 saturated heterocycles. The van der Waals surface area contributed by atoms with E-state index >= 15 is 0 Å². The van der Waals surface area contributed by atoms with Crippen LogP contribution in [0.2, 0.25) is 5.02 Å². The van der Waals surface area contributed by atoms with Crippen molar-refractivity contribution in [2.24, 2.45) is 0 Å². The molecule has 1 unspecified atom stereocenters. The summed E-state index contributed by atoms with van der Waals surface area (Å²) in [5, 5.41) is 0.737. The molecule has 3 nitrogen and oxygen atoms in total. The van der Waals surface area contributed by atoms with Gasteiger partial charge in [-0.15, -0.1) is 0 Å². The largest absolute Gasteiger partial charge is 0.466 e. The number of hydrogen-bond donors (Lipinski definition) is 0. The number of methoxy groups -OCH3 is 1. The number of nitrogens with zero attached hydrogens (tertiary/aromatic N) is 1. The topological polar surface area (TPSA) is 29.5 Å². The average molecular weight is 290 g/mol. The van der Waals surface area contributed by atoms with Crippen LogP contribution in [0.3, 0.4) is 0 Å². The predicted octanol–water partition coefficient (Wildman–Crippen LogP) is 2.91. The number of rotatable bonds is 1. The van der Waals surface area contributed by atoms with E-state index in [1.807, 2.05) is 18.2 Å². The zero-order valence-electron chi connectivity index (χ0n) is 11.4. The molecule has 0 aromatic heterocycles. The zero-order valence-corrected chi connectivity index (χ0v) is 12.1. The van der Waals surface area contributed by atoms with Gasteiger partial charge < -0.3 is 4.74 Å². The van der Waals surface area contributed by atoms with Gasteiger partial charge in [-0.25, -0.2) is 4.79 Å². The molecule has 0 aliphatic carbocycles. The van der Waals surface area contributed by atoms with Gasteiger partial charge in [0.2, 0.25) is 0 Å². The number of benzene rings is 1. The lowest BCUT2D eigenvalue weighted by molar-refractivity contribution is -0.136. The minimum absolute atomic E-state index is 0.117. The number of esters is 1. The fourth-order valence-corrected chi connectivity index (χ4v) is 3.24. The third-order valence-corrected chi connectivity index (χ3v) is 4.20. The van der Waals surface area contributed by atoms with Crippen LogP contribution in [0, 0.1) is 0 Å². The second-order valence-corrected chi connectivity index (χ2v) is 5.64. The van der Waals surface area contributed by atoms with E-state index in [0.717, 1.165) is 23.6 Å². The van der Waals surface area contributed by atoms with E-state index in [4.69, 9.17) is 16.3 Å². The van der Waals surface area contributed by atoms with Gasteiger partial charge in [0.05, 0.1) is 18.7 Å². The molecule has 2 aliphatic rings. The lowest BCUT2D eigenvalue weighted by Gasteiger charge is -2.40. The van der Waals surface area contributed by atoms with Crippen molar-refractivity contribution in [2.75, 3.05) is 20.2 Å². The van der Waals surface area contributed by atoms with Crippen LogP contribution in [0.1, 0.15) is 17.2 Å². The van der Waals surface area contributed by atoms with Crippen molar-refractivity contribution in [3.05, 3.63) is 58.1 Å². The van der Waals surface area contributed by atoms with Crippen LogP contribution in [0.5, 0.6) is 0 Å². The third kappa shape index (κ3) is 2.17. The van der Waals surface area contributed by atoms with Crippen LogP contribution in [0.15, 0.2) is 42.0 Å². The summed E-state index contributed by atoms with van der Waals surface area (Å²) in [6, 6.07) is 6.14. The minimum Gasteiger partial charge on any atom is -0.466 e. The molecule has 20 heavy (non-hydrogen) atoms. The molecule has 104 valence electrons. The van der Waals surface area contributed by atoms with Crippen LogP contribution >= 0.6 is 11.6 Å². The summed E-state index contributed by atoms with van der Waals surface area (Å²) < 4.78 is 4.81. The van der Waals surface area contributed by atoms with Gasteiger partial charge >= 0.3 is 5.97 Å². The molecule has 1 aromatic carbocycles. The van der Waals surface area contributed by atoms with Gasteiger partial charge in [-0.05, 0) is 41.3 Å². The molecule has 0 spiro atoms. The Hall–Kier alpha value is -1.58. The molecule has 0 radical (unpaired) electrons. The SMILES string of the molecule is C=C1C=C(C(=O)OC)CN2CCc3ccc(Cl)cc3C12. The van der Waals surface area contributed by atoms with E-state index in [1.165, 1.54) is 18.2 Å². The maximum absolute atomic E-state index is 11.7. The van der Waals surface area contributed by atoms with Crippen molar-refractivity contribution in [3.63, 3.8) is 0 Å². The second-order valence-electron chi connectivity index (χ2n) is 5.20. The van der Waals surface area contributed by atoms with Crippen molar-refractivity contribution in [1.29, 1.82) is 0 Å². The van der Waals surface area contributed by atoms with Crippen molar-refractivity contribution < 1.29 is 9.53 Å². The Bertz CT molecular complexity index is 621. The van der Waals surface area contributed by atoms with Crippen LogP contribution in [0.4, 0.5) is 0 Å². The highest BCUT2D eigenvalue weighted by Gasteiger charge is 2.33. The van der Waals surface area contributed by atoms with Gasteiger partial charge in [0.25, 0.3) is 0 Å². The van der Waals surface area contributed by atoms with Crippen molar-refractivity contribution in [2.45, 2.75) is 12.5 Å². The molecule has 0 fully saturated rings. The van der Waals surface area contributed by atoms with Crippen molar-refractivity contribution in [1.82, 2.24) is 4.90 Å². The highest BCUT2D eigenvalue weighted by atomic mass is 35.5. The van der Waals surface area contributed by atoms with Gasteiger partial charge in [0.1, 0.15) is 0 Å². The van der Waals surface area contributed by atoms with Gasteiger partial charge in [-0.2, -0.15) is 0 Å². The molecule has 2 aliphatic heterocycles. The zero-order chi connectivity index (χ0) is 14.3. The molecular formula is C16H16ClNO2. The van der Waals surface area contributed by atoms with E-state index in [0.29, 0.717) is 12.1 Å². The molecule has 1 aromatic rings. The Morgan fingerprint density at radius 2 is 2.30 bits per heavy atom. The number of halogens is 1. The number of ether oxygens (including phenoxy) is 1. The van der Waals surface area contributed by atoms with Crippen molar-refractivity contribution in [3.8, 4) is 0 Å². The molecule has 3 rings (SSSR count). The van der Waals surface area contributed by atoms with Gasteiger partial charge in [-0.1, -0.05) is 24.2 Å². The predicted molar refractivity (Wildman–Crippen MR) is 78.7 cm³/mol. The lowest BCUT2D eigenvalue weighted by atomic mass is 9.85. The highest BCUT2D eigenvalue weighted by molar-refractivity contribution is 6.30. The number of carbonyl (C=O) groups excluding carboxylic acids is 1. The summed E-state index contributed by atoms with van der Waals surface area (Å²) >= 11 is 6.12. The van der Waals surface area contributed by atoms with Gasteiger partial charge in [-0.3, -0.25) is 4.90 Å². The summed E-state index contributed by atoms with van der Waals surface area (Å²) in [4.78, 5) is 14.0. The quantitative estimate of drug-likeness (QED) is 0.745. The first-order valence-corrected chi connectivity index (χ1v) is 6.98. The normalized spacial score (nSPS) is 21.8. The maximum atomic E-state index is 11.7. The Kier molecular flexibility index (Phi) is 3.40. The number of hydrogen-bond acceptors (Lipinski definition) is 3. The standard InChI is InChI=1S/C16H16ClNO2/c1-10-7-12(16(19)20-2)9-18-6-5-11-3-4-13(17)8-14(11)15(10)18/h3-4,7-8,15H,1,5-6,9H2,2H3. The summed E-state index contributed by atoms with van der Waals surface area (Å²) in [6.45, 7) is 5.63. The third-order valence-electron chi connectivity index (χ3n) is 3.97. The fraction of sp³-hybridized carbons (Fsp3) is 0.312. The van der Waals surface area contributed by atoms with Gasteiger partial charge in [0.15, 0.2) is 0 Å². The number of fused-ring (bicyclic) bond motifs is 3. The molecule has 0 saturated carbocycles. The van der Waals surface area contributed by atoms with E-state index in [9.17, 15) is 4.79 Å². The summed E-state index contributed by atoms with van der Waals surface area (Å²) in [5.41, 5.74) is 4.10. The lowest BCUT2D eigenvalue weighted by Crippen LogP contribution is -2.41. The number of carbonyl (C=O) groups is 1. The molecule has 2 heterocycles. The van der Waals surface area contributed by atoms with Crippen LogP contribution in [0.25, 0.3) is 0 Å². The van der Waals surface area contributed by atoms with Crippen LogP contribution in [-0.2, 0) is 16.0 Å². The molecule has 0 N–H and O–H groups in total. The molecule has 0 bridgehead atoms. The summed E-state index contributed by atoms with van der Waals surface area (Å²) in [5.74, 6) is -0.276. The van der Waals surface area contributed by atoms with E-state index in [1.54, 1.807) is 0 Å². The van der Waals surface area contributed by atoms with Gasteiger partial charge in [0, 0.05) is 18.1 Å². The van der Waals surface area contributed by atoms with Crippen molar-refractivity contribution >= 4 is 17.6 Å². The Labute approximate surface area is 123 Å². The van der Waals surface area contributed by atoms with Crippen LogP contribution in [-0.4, -0.2) is 31.1 Å². The summed E-state index contributed by atoms with van der Waals surface area (Å²) in [6.07, 6.45) is 2.81. The monoisotopic (exact) mass is 289 g/mol. The Balaban J connectivity index is 2.01. The molecular weight excluding hydrogens is 274 g/mol. The molecule has 1 atom stereocenters. The Morgan fingerprint density at radius 1 is 1.50 bits per heavy atom. The van der Waals surface area contributed by atoms with E-state index in [2.05, 4.69) is 17.5 Å². The smallest absolute Gasteiger partial charge is 0.335 e. The first-order valence-electron chi connectivity index (χ1n) is 6.60. The first-order chi connectivity index (χ1) is 9.60. The average Bonchev–Trinajstić information content (AvgIpc) is 2.45. The molecule has 0 amide bonds. The van der Waals surface area contributed by atoms with E-state index < -0.39 is 0 Å². The Morgan fingerprint density at radius 3 is 3.05 bits per heavy atom. The summed E-state index contributed by atoms with van der Waals surface area (Å²) in [7, 11) is 1.41. The fourth-order valence-electron chi connectivity index (χ4n) is 3.06. The first kappa shape index (κ1) is 13.4. The van der Waals surface area contributed by atoms with E-state index in [-0.39, 0.29) is 12.0 Å². The highest BCUT2D eigenvalue weighted by Crippen LogP contribution is 2.39. The second kappa shape index (κ2) is 5.08.